The summed E-state index contributed by atoms with van der Waals surface area (Å²) in [6.45, 7) is 0. The Morgan fingerprint density at radius 2 is 2.29 bits per heavy atom. The second-order valence-corrected chi connectivity index (χ2v) is 5.41. The van der Waals surface area contributed by atoms with Gasteiger partial charge in [-0.1, -0.05) is 21.1 Å². The predicted octanol–water partition coefficient (Wildman–Crippen LogP) is 2.33. The van der Waals surface area contributed by atoms with Gasteiger partial charge in [0, 0.05) is 16.2 Å². The number of halogens is 2. The molecule has 0 aliphatic heterocycles. The van der Waals surface area contributed by atoms with Gasteiger partial charge in [0.2, 0.25) is 0 Å². The molecule has 5 nitrogen and oxygen atoms in total. The Hall–Kier alpha value is -1.09. The van der Waals surface area contributed by atoms with Crippen LogP contribution in [0.5, 0.6) is 0 Å². The Morgan fingerprint density at radius 1 is 1.53 bits per heavy atom. The van der Waals surface area contributed by atoms with Crippen molar-refractivity contribution < 1.29 is 5.21 Å². The lowest BCUT2D eigenvalue weighted by molar-refractivity contribution is 0.318. The standard InChI is InChI=1S/C10H8BrIN4O/c11-6-1-2-8(10(13)15-17)9(3-6)16-5-7(12)4-14-16/h1-5,17H,(H2,13,15). The molecule has 0 atom stereocenters. The van der Waals surface area contributed by atoms with Crippen LogP contribution >= 0.6 is 38.5 Å². The second kappa shape index (κ2) is 5.05. The summed E-state index contributed by atoms with van der Waals surface area (Å²) in [4.78, 5) is 0. The van der Waals surface area contributed by atoms with Crippen LogP contribution in [0.4, 0.5) is 0 Å². The molecule has 0 spiro atoms. The molecule has 1 aromatic carbocycles. The van der Waals surface area contributed by atoms with E-state index in [1.807, 2.05) is 18.3 Å². The maximum atomic E-state index is 8.75. The lowest BCUT2D eigenvalue weighted by Gasteiger charge is -2.08. The van der Waals surface area contributed by atoms with E-state index in [2.05, 4.69) is 48.8 Å². The van der Waals surface area contributed by atoms with Gasteiger partial charge in [-0.25, -0.2) is 4.68 Å². The van der Waals surface area contributed by atoms with Crippen LogP contribution < -0.4 is 5.73 Å². The van der Waals surface area contributed by atoms with Crippen molar-refractivity contribution >= 4 is 44.4 Å². The number of amidine groups is 1. The molecule has 0 aliphatic carbocycles. The fourth-order valence-corrected chi connectivity index (χ4v) is 2.13. The Kier molecular flexibility index (Phi) is 3.67. The first-order valence-electron chi connectivity index (χ1n) is 4.60. The molecule has 0 bridgehead atoms. The zero-order valence-corrected chi connectivity index (χ0v) is 12.3. The highest BCUT2D eigenvalue weighted by molar-refractivity contribution is 14.1. The molecule has 88 valence electrons. The Labute approximate surface area is 120 Å². The quantitative estimate of drug-likeness (QED) is 0.264. The molecule has 0 saturated carbocycles. The van der Waals surface area contributed by atoms with Gasteiger partial charge in [-0.15, -0.1) is 0 Å². The van der Waals surface area contributed by atoms with Gasteiger partial charge in [-0.05, 0) is 40.8 Å². The van der Waals surface area contributed by atoms with Crippen LogP contribution in [0, 0.1) is 3.57 Å². The minimum atomic E-state index is 0.0537. The van der Waals surface area contributed by atoms with Crippen molar-refractivity contribution in [2.45, 2.75) is 0 Å². The van der Waals surface area contributed by atoms with E-state index in [9.17, 15) is 0 Å². The van der Waals surface area contributed by atoms with E-state index in [1.165, 1.54) is 0 Å². The largest absolute Gasteiger partial charge is 0.409 e. The third-order valence-electron chi connectivity index (χ3n) is 2.14. The molecule has 1 aromatic heterocycles. The van der Waals surface area contributed by atoms with Crippen molar-refractivity contribution in [3.8, 4) is 5.69 Å². The molecule has 0 saturated heterocycles. The van der Waals surface area contributed by atoms with E-state index < -0.39 is 0 Å². The van der Waals surface area contributed by atoms with Gasteiger partial charge in [0.15, 0.2) is 5.84 Å². The maximum Gasteiger partial charge on any atom is 0.172 e. The van der Waals surface area contributed by atoms with Gasteiger partial charge in [-0.3, -0.25) is 0 Å². The highest BCUT2D eigenvalue weighted by Crippen LogP contribution is 2.20. The van der Waals surface area contributed by atoms with Crippen LogP contribution in [-0.2, 0) is 0 Å². The summed E-state index contributed by atoms with van der Waals surface area (Å²) >= 11 is 5.55. The van der Waals surface area contributed by atoms with Gasteiger partial charge in [0.05, 0.1) is 15.5 Å². The van der Waals surface area contributed by atoms with Crippen molar-refractivity contribution in [2.75, 3.05) is 0 Å². The van der Waals surface area contributed by atoms with E-state index in [-0.39, 0.29) is 5.84 Å². The van der Waals surface area contributed by atoms with Gasteiger partial charge in [0.25, 0.3) is 0 Å². The fraction of sp³-hybridized carbons (Fsp3) is 0. The SMILES string of the molecule is N/C(=N/O)c1ccc(Br)cc1-n1cc(I)cn1. The highest BCUT2D eigenvalue weighted by Gasteiger charge is 2.10. The zero-order chi connectivity index (χ0) is 12.4. The van der Waals surface area contributed by atoms with E-state index in [1.54, 1.807) is 16.9 Å². The molecule has 0 fully saturated rings. The predicted molar refractivity (Wildman–Crippen MR) is 76.5 cm³/mol. The highest BCUT2D eigenvalue weighted by atomic mass is 127. The molecule has 2 aromatic rings. The van der Waals surface area contributed by atoms with Crippen LogP contribution in [0.2, 0.25) is 0 Å². The molecule has 2 rings (SSSR count). The molecule has 0 aliphatic rings. The van der Waals surface area contributed by atoms with Crippen LogP contribution in [0.1, 0.15) is 5.56 Å². The van der Waals surface area contributed by atoms with Crippen LogP contribution in [0.25, 0.3) is 5.69 Å². The van der Waals surface area contributed by atoms with E-state index in [4.69, 9.17) is 10.9 Å². The molecular weight excluding hydrogens is 399 g/mol. The third-order valence-corrected chi connectivity index (χ3v) is 3.19. The van der Waals surface area contributed by atoms with E-state index in [0.29, 0.717) is 5.56 Å². The smallest absolute Gasteiger partial charge is 0.172 e. The summed E-state index contributed by atoms with van der Waals surface area (Å²) < 4.78 is 3.58. The number of rotatable bonds is 2. The van der Waals surface area contributed by atoms with Crippen LogP contribution in [0.3, 0.4) is 0 Å². The average Bonchev–Trinajstić information content (AvgIpc) is 2.75. The summed E-state index contributed by atoms with van der Waals surface area (Å²) in [6.07, 6.45) is 3.59. The van der Waals surface area contributed by atoms with Gasteiger partial charge < -0.3 is 10.9 Å². The third kappa shape index (κ3) is 2.60. The second-order valence-electron chi connectivity index (χ2n) is 3.25. The topological polar surface area (TPSA) is 76.4 Å². The summed E-state index contributed by atoms with van der Waals surface area (Å²) in [5.41, 5.74) is 7.00. The first kappa shape index (κ1) is 12.4. The number of benzene rings is 1. The number of hydrogen-bond donors (Lipinski definition) is 2. The van der Waals surface area contributed by atoms with Gasteiger partial charge in [0.1, 0.15) is 0 Å². The Morgan fingerprint density at radius 3 is 2.88 bits per heavy atom. The van der Waals surface area contributed by atoms with Crippen molar-refractivity contribution in [1.82, 2.24) is 9.78 Å². The fourth-order valence-electron chi connectivity index (χ4n) is 1.40. The molecule has 1 heterocycles. The van der Waals surface area contributed by atoms with Crippen molar-refractivity contribution in [1.29, 1.82) is 0 Å². The molecule has 0 amide bonds. The lowest BCUT2D eigenvalue weighted by Crippen LogP contribution is -2.16. The minimum absolute atomic E-state index is 0.0537. The molecular formula is C10H8BrIN4O. The number of hydrogen-bond acceptors (Lipinski definition) is 3. The lowest BCUT2D eigenvalue weighted by atomic mass is 10.1. The van der Waals surface area contributed by atoms with Crippen molar-refractivity contribution in [2.24, 2.45) is 10.9 Å². The summed E-state index contributed by atoms with van der Waals surface area (Å²) in [5, 5.41) is 16.0. The van der Waals surface area contributed by atoms with Gasteiger partial charge in [-0.2, -0.15) is 5.10 Å². The first-order chi connectivity index (χ1) is 8.11. The number of nitrogens with zero attached hydrogens (tertiary/aromatic N) is 3. The van der Waals surface area contributed by atoms with Crippen LogP contribution in [0.15, 0.2) is 40.2 Å². The number of aromatic nitrogens is 2. The molecule has 3 N–H and O–H groups in total. The number of nitrogens with two attached hydrogens (primary N) is 1. The molecule has 0 unspecified atom stereocenters. The zero-order valence-electron chi connectivity index (χ0n) is 8.51. The van der Waals surface area contributed by atoms with Crippen LogP contribution in [-0.4, -0.2) is 20.8 Å². The summed E-state index contributed by atoms with van der Waals surface area (Å²) in [7, 11) is 0. The normalized spacial score (nSPS) is 11.8. The number of oxime groups is 1. The molecule has 17 heavy (non-hydrogen) atoms. The Bertz CT molecular complexity index is 581. The summed E-state index contributed by atoms with van der Waals surface area (Å²) in [5.74, 6) is 0.0537. The van der Waals surface area contributed by atoms with E-state index >= 15 is 0 Å². The Balaban J connectivity index is 2.62. The van der Waals surface area contributed by atoms with E-state index in [0.717, 1.165) is 13.7 Å². The summed E-state index contributed by atoms with van der Waals surface area (Å²) in [6, 6.07) is 5.45. The van der Waals surface area contributed by atoms with Gasteiger partial charge >= 0.3 is 0 Å². The monoisotopic (exact) mass is 406 g/mol. The first-order valence-corrected chi connectivity index (χ1v) is 6.47. The van der Waals surface area contributed by atoms with Crippen molar-refractivity contribution in [3.63, 3.8) is 0 Å². The molecule has 0 radical (unpaired) electrons. The van der Waals surface area contributed by atoms with Crippen molar-refractivity contribution in [3.05, 3.63) is 44.2 Å². The maximum absolute atomic E-state index is 8.75. The average molecular weight is 407 g/mol. The molecule has 7 heteroatoms. The minimum Gasteiger partial charge on any atom is -0.409 e.